The van der Waals surface area contributed by atoms with Crippen LogP contribution in [-0.2, 0) is 9.53 Å². The van der Waals surface area contributed by atoms with E-state index in [9.17, 15) is 4.79 Å². The van der Waals surface area contributed by atoms with Gasteiger partial charge in [0.2, 0.25) is 0 Å². The lowest BCUT2D eigenvalue weighted by atomic mass is 9.86. The fraction of sp³-hybridized carbons (Fsp3) is 0.412. The van der Waals surface area contributed by atoms with Crippen LogP contribution in [0, 0.1) is 11.3 Å². The second-order valence-electron chi connectivity index (χ2n) is 6.52. The molecule has 126 valence electrons. The minimum absolute atomic E-state index is 0.0524. The first kappa shape index (κ1) is 15.6. The smallest absolute Gasteiger partial charge is 0.273 e. The van der Waals surface area contributed by atoms with Gasteiger partial charge in [-0.15, -0.1) is 0 Å². The van der Waals surface area contributed by atoms with Crippen molar-refractivity contribution in [1.82, 2.24) is 5.32 Å². The molecule has 7 heteroatoms. The average Bonchev–Trinajstić information content (AvgIpc) is 3.41. The van der Waals surface area contributed by atoms with Crippen molar-refractivity contribution < 1.29 is 9.53 Å². The third kappa shape index (κ3) is 2.70. The monoisotopic (exact) mass is 346 g/mol. The Morgan fingerprint density at radius 3 is 2.54 bits per heavy atom. The van der Waals surface area contributed by atoms with E-state index in [2.05, 4.69) is 10.6 Å². The van der Waals surface area contributed by atoms with Crippen LogP contribution < -0.4 is 16.4 Å². The van der Waals surface area contributed by atoms with Gasteiger partial charge in [-0.05, 0) is 30.5 Å². The summed E-state index contributed by atoms with van der Waals surface area (Å²) in [5.74, 6) is -0.340. The van der Waals surface area contributed by atoms with E-state index in [1.54, 1.807) is 0 Å². The molecule has 1 unspecified atom stereocenters. The van der Waals surface area contributed by atoms with Crippen LogP contribution in [0.1, 0.15) is 24.5 Å². The number of morpholine rings is 1. The summed E-state index contributed by atoms with van der Waals surface area (Å²) in [7, 11) is 0. The molecule has 0 aromatic heterocycles. The number of nitrogens with one attached hydrogen (secondary N) is 3. The third-order valence-corrected chi connectivity index (χ3v) is 5.21. The van der Waals surface area contributed by atoms with Crippen molar-refractivity contribution in [3.8, 4) is 0 Å². The van der Waals surface area contributed by atoms with Crippen LogP contribution in [0.15, 0.2) is 35.0 Å². The summed E-state index contributed by atoms with van der Waals surface area (Å²) in [5, 5.41) is 14.0. The molecule has 0 spiro atoms. The predicted molar refractivity (Wildman–Crippen MR) is 92.0 cm³/mol. The average molecular weight is 347 g/mol. The Labute approximate surface area is 144 Å². The number of halogens is 1. The van der Waals surface area contributed by atoms with Gasteiger partial charge in [0.05, 0.1) is 22.9 Å². The van der Waals surface area contributed by atoms with Crippen LogP contribution in [0.25, 0.3) is 0 Å². The number of nitrogens with two attached hydrogens (primary N) is 1. The lowest BCUT2D eigenvalue weighted by Gasteiger charge is -2.53. The van der Waals surface area contributed by atoms with Crippen molar-refractivity contribution in [3.05, 3.63) is 40.6 Å². The van der Waals surface area contributed by atoms with Crippen molar-refractivity contribution in [1.29, 1.82) is 5.41 Å². The van der Waals surface area contributed by atoms with Gasteiger partial charge in [0.1, 0.15) is 11.8 Å². The van der Waals surface area contributed by atoms with Gasteiger partial charge in [-0.3, -0.25) is 4.79 Å². The van der Waals surface area contributed by atoms with Gasteiger partial charge in [0.15, 0.2) is 0 Å². The number of hydrogen-bond acceptors (Lipinski definition) is 5. The molecule has 1 saturated carbocycles. The Balaban J connectivity index is 1.40. The van der Waals surface area contributed by atoms with E-state index in [1.165, 1.54) is 0 Å². The summed E-state index contributed by atoms with van der Waals surface area (Å²) in [6.45, 7) is 0.928. The Kier molecular flexibility index (Phi) is 3.83. The number of hydrogen-bond donors (Lipinski definition) is 4. The summed E-state index contributed by atoms with van der Waals surface area (Å²) < 4.78 is 5.75. The first-order valence-electron chi connectivity index (χ1n) is 8.09. The number of allylic oxidation sites excluding steroid dienone is 1. The van der Waals surface area contributed by atoms with E-state index < -0.39 is 5.91 Å². The molecule has 5 N–H and O–H groups in total. The third-order valence-electron chi connectivity index (χ3n) is 4.80. The molecule has 1 aromatic rings. The maximum Gasteiger partial charge on any atom is 0.273 e. The minimum Gasteiger partial charge on any atom is -0.393 e. The van der Waals surface area contributed by atoms with Crippen LogP contribution in [0.5, 0.6) is 0 Å². The van der Waals surface area contributed by atoms with Crippen molar-refractivity contribution in [2.24, 2.45) is 11.7 Å². The summed E-state index contributed by atoms with van der Waals surface area (Å²) >= 11 is 6.05. The maximum absolute atomic E-state index is 12.2. The molecule has 0 radical (unpaired) electrons. The molecule has 4 rings (SSSR count). The Morgan fingerprint density at radius 1 is 1.33 bits per heavy atom. The minimum atomic E-state index is -0.487. The molecule has 1 amide bonds. The molecule has 3 atom stereocenters. The molecule has 1 aliphatic carbocycles. The molecule has 2 heterocycles. The highest BCUT2D eigenvalue weighted by Gasteiger charge is 2.49. The zero-order valence-electron chi connectivity index (χ0n) is 13.0. The number of amides is 1. The second kappa shape index (κ2) is 5.88. The molecule has 2 saturated heterocycles. The lowest BCUT2D eigenvalue weighted by molar-refractivity contribution is -0.203. The normalized spacial score (nSPS) is 28.8. The molecule has 2 aliphatic heterocycles. The lowest BCUT2D eigenvalue weighted by Crippen LogP contribution is -2.69. The van der Waals surface area contributed by atoms with E-state index in [0.29, 0.717) is 17.8 Å². The number of fused-ring (bicyclic) bond motifs is 1. The Bertz CT molecular complexity index is 727. The van der Waals surface area contributed by atoms with Crippen LogP contribution in [0.3, 0.4) is 0 Å². The van der Waals surface area contributed by atoms with Gasteiger partial charge >= 0.3 is 0 Å². The SMILES string of the molecule is N=C(/C(Cl)=C(\N)C(=O)Nc1ccc([C@@H]2OC3CN[C@H]32)cc1)C1CC1. The largest absolute Gasteiger partial charge is 0.393 e. The molecule has 3 aliphatic rings. The van der Waals surface area contributed by atoms with Crippen molar-refractivity contribution >= 4 is 28.9 Å². The van der Waals surface area contributed by atoms with Gasteiger partial charge in [0, 0.05) is 18.2 Å². The van der Waals surface area contributed by atoms with E-state index in [1.807, 2.05) is 24.3 Å². The zero-order chi connectivity index (χ0) is 16.8. The Morgan fingerprint density at radius 2 is 2.04 bits per heavy atom. The second-order valence-corrected chi connectivity index (χ2v) is 6.90. The molecule has 0 bridgehead atoms. The van der Waals surface area contributed by atoms with Crippen molar-refractivity contribution in [3.63, 3.8) is 0 Å². The van der Waals surface area contributed by atoms with Crippen molar-refractivity contribution in [2.75, 3.05) is 11.9 Å². The first-order valence-corrected chi connectivity index (χ1v) is 8.46. The zero-order valence-corrected chi connectivity index (χ0v) is 13.8. The maximum atomic E-state index is 12.2. The van der Waals surface area contributed by atoms with Gasteiger partial charge in [0.25, 0.3) is 5.91 Å². The van der Waals surface area contributed by atoms with E-state index >= 15 is 0 Å². The van der Waals surface area contributed by atoms with Crippen LogP contribution in [0.4, 0.5) is 5.69 Å². The molecular weight excluding hydrogens is 328 g/mol. The number of carbonyl (C=O) groups excluding carboxylic acids is 1. The number of anilines is 1. The standard InChI is InChI=1S/C17H19ClN4O2/c18-12(13(19)8-1-2-8)14(20)17(23)22-10-5-3-9(4-6-10)16-15-11(24-16)7-21-15/h3-6,8,11,15-16,19,21H,1-2,7,20H2,(H,22,23)/b14-12+,19-13?/t11?,15-,16+/m1/s1. The highest BCUT2D eigenvalue weighted by Crippen LogP contribution is 2.40. The molecular formula is C17H19ClN4O2. The number of rotatable bonds is 5. The van der Waals surface area contributed by atoms with Crippen LogP contribution in [0.2, 0.25) is 0 Å². The quantitative estimate of drug-likeness (QED) is 0.483. The fourth-order valence-electron chi connectivity index (χ4n) is 3.00. The number of benzene rings is 1. The summed E-state index contributed by atoms with van der Waals surface area (Å²) in [6, 6.07) is 7.91. The fourth-order valence-corrected chi connectivity index (χ4v) is 3.24. The Hall–Kier alpha value is -1.89. The van der Waals surface area contributed by atoms with E-state index in [4.69, 9.17) is 27.5 Å². The topological polar surface area (TPSA) is 100 Å². The summed E-state index contributed by atoms with van der Waals surface area (Å²) in [6.07, 6.45) is 2.31. The van der Waals surface area contributed by atoms with Crippen LogP contribution >= 0.6 is 11.6 Å². The molecule has 24 heavy (non-hydrogen) atoms. The molecule has 6 nitrogen and oxygen atoms in total. The van der Waals surface area contributed by atoms with Gasteiger partial charge < -0.3 is 26.5 Å². The number of carbonyl (C=O) groups is 1. The van der Waals surface area contributed by atoms with Crippen molar-refractivity contribution in [2.45, 2.75) is 31.1 Å². The molecule has 1 aromatic carbocycles. The van der Waals surface area contributed by atoms with Crippen LogP contribution in [-0.4, -0.2) is 30.3 Å². The van der Waals surface area contributed by atoms with E-state index in [0.717, 1.165) is 24.9 Å². The first-order chi connectivity index (χ1) is 11.5. The van der Waals surface area contributed by atoms with Gasteiger partial charge in [-0.1, -0.05) is 23.7 Å². The highest BCUT2D eigenvalue weighted by molar-refractivity contribution is 6.45. The van der Waals surface area contributed by atoms with Gasteiger partial charge in [-0.2, -0.15) is 0 Å². The van der Waals surface area contributed by atoms with E-state index in [-0.39, 0.29) is 28.5 Å². The summed E-state index contributed by atoms with van der Waals surface area (Å²) in [4.78, 5) is 12.2. The predicted octanol–water partition coefficient (Wildman–Crippen LogP) is 1.88. The molecule has 3 fully saturated rings. The van der Waals surface area contributed by atoms with Gasteiger partial charge in [-0.25, -0.2) is 0 Å². The number of ether oxygens (including phenoxy) is 1. The highest BCUT2D eigenvalue weighted by atomic mass is 35.5. The summed E-state index contributed by atoms with van der Waals surface area (Å²) in [5.41, 5.74) is 7.65.